The minimum absolute atomic E-state index is 0.130. The number of esters is 1. The van der Waals surface area contributed by atoms with E-state index >= 15 is 0 Å². The van der Waals surface area contributed by atoms with Gasteiger partial charge in [-0.05, 0) is 75.8 Å². The minimum atomic E-state index is -0.546. The van der Waals surface area contributed by atoms with E-state index in [1.165, 1.54) is 25.0 Å². The molecule has 1 unspecified atom stereocenters. The maximum absolute atomic E-state index is 13.6. The van der Waals surface area contributed by atoms with Crippen LogP contribution >= 0.6 is 23.5 Å². The summed E-state index contributed by atoms with van der Waals surface area (Å²) in [5.41, 5.74) is 1.53. The van der Waals surface area contributed by atoms with Gasteiger partial charge in [0.1, 0.15) is 17.2 Å². The Morgan fingerprint density at radius 2 is 1.97 bits per heavy atom. The number of nitrogens with zero attached hydrogens (tertiary/aromatic N) is 1. The Balaban J connectivity index is 1.92. The summed E-state index contributed by atoms with van der Waals surface area (Å²) in [6, 6.07) is 10.9. The molecule has 1 heterocycles. The van der Waals surface area contributed by atoms with Gasteiger partial charge in [-0.2, -0.15) is 0 Å². The van der Waals surface area contributed by atoms with Gasteiger partial charge >= 0.3 is 5.97 Å². The van der Waals surface area contributed by atoms with Crippen molar-refractivity contribution in [2.75, 3.05) is 30.1 Å². The van der Waals surface area contributed by atoms with E-state index in [0.717, 1.165) is 39.9 Å². The molecule has 1 aliphatic heterocycles. The molecule has 0 bridgehead atoms. The monoisotopic (exact) mass is 491 g/mol. The lowest BCUT2D eigenvalue weighted by Crippen LogP contribution is -2.27. The van der Waals surface area contributed by atoms with Crippen molar-refractivity contribution in [3.05, 3.63) is 42.2 Å². The zero-order valence-electron chi connectivity index (χ0n) is 20.2. The average molecular weight is 492 g/mol. The Bertz CT molecular complexity index is 944. The summed E-state index contributed by atoms with van der Waals surface area (Å²) in [4.78, 5) is 16.5. The molecule has 0 aromatic heterocycles. The third-order valence-corrected chi connectivity index (χ3v) is 7.36. The first-order chi connectivity index (χ1) is 15.7. The quantitative estimate of drug-likeness (QED) is 0.285. The van der Waals surface area contributed by atoms with Gasteiger partial charge in [0, 0.05) is 22.9 Å². The highest BCUT2D eigenvalue weighted by atomic mass is 32.2. The van der Waals surface area contributed by atoms with Crippen LogP contribution in [-0.4, -0.2) is 36.7 Å². The highest BCUT2D eigenvalue weighted by molar-refractivity contribution is 7.99. The lowest BCUT2D eigenvalue weighted by molar-refractivity contribution is -0.157. The summed E-state index contributed by atoms with van der Waals surface area (Å²) >= 11 is 3.41. The second-order valence-electron chi connectivity index (χ2n) is 9.25. The molecule has 0 radical (unpaired) electrons. The van der Waals surface area contributed by atoms with Gasteiger partial charge in [0.05, 0.1) is 10.6 Å². The Kier molecular flexibility index (Phi) is 8.99. The molecule has 4 nitrogen and oxygen atoms in total. The molecule has 0 amide bonds. The Morgan fingerprint density at radius 3 is 2.61 bits per heavy atom. The standard InChI is InChI=1S/C26H34FNO3S2/c1-6-7-8-18-15-28(20-11-9-19(27)10-12-20)21-13-24(32-5)22(14-23(21)33-17-18)30-16-25(29)31-26(2,3)4/h9-14,18H,6-8,15-17H2,1-5H3. The topological polar surface area (TPSA) is 38.8 Å². The number of hydrogen-bond donors (Lipinski definition) is 0. The molecule has 2 aromatic rings. The molecule has 3 rings (SSSR count). The van der Waals surface area contributed by atoms with Gasteiger partial charge in [0.15, 0.2) is 6.61 Å². The maximum Gasteiger partial charge on any atom is 0.344 e. The smallest absolute Gasteiger partial charge is 0.344 e. The maximum atomic E-state index is 13.6. The van der Waals surface area contributed by atoms with Crippen molar-refractivity contribution in [3.63, 3.8) is 0 Å². The number of carbonyl (C=O) groups excluding carboxylic acids is 1. The molecule has 0 saturated heterocycles. The minimum Gasteiger partial charge on any atom is -0.481 e. The Morgan fingerprint density at radius 1 is 1.24 bits per heavy atom. The molecule has 1 atom stereocenters. The summed E-state index contributed by atoms with van der Waals surface area (Å²) in [6.07, 6.45) is 5.52. The number of anilines is 2. The van der Waals surface area contributed by atoms with Crippen LogP contribution in [0.1, 0.15) is 47.0 Å². The summed E-state index contributed by atoms with van der Waals surface area (Å²) in [5, 5.41) is 0. The fraction of sp³-hybridized carbons (Fsp3) is 0.500. The van der Waals surface area contributed by atoms with Crippen molar-refractivity contribution in [1.29, 1.82) is 0 Å². The molecule has 0 aliphatic carbocycles. The summed E-state index contributed by atoms with van der Waals surface area (Å²) in [5.74, 6) is 1.60. The predicted octanol–water partition coefficient (Wildman–Crippen LogP) is 7.32. The van der Waals surface area contributed by atoms with Crippen molar-refractivity contribution in [2.24, 2.45) is 5.92 Å². The van der Waals surface area contributed by atoms with Gasteiger partial charge in [0.25, 0.3) is 0 Å². The van der Waals surface area contributed by atoms with E-state index < -0.39 is 5.60 Å². The number of rotatable bonds is 8. The van der Waals surface area contributed by atoms with E-state index in [9.17, 15) is 9.18 Å². The molecule has 2 aromatic carbocycles. The highest BCUT2D eigenvalue weighted by Crippen LogP contribution is 2.45. The lowest BCUT2D eigenvalue weighted by Gasteiger charge is -2.28. The van der Waals surface area contributed by atoms with Gasteiger partial charge in [0.2, 0.25) is 0 Å². The third-order valence-electron chi connectivity index (χ3n) is 5.32. The highest BCUT2D eigenvalue weighted by Gasteiger charge is 2.26. The van der Waals surface area contributed by atoms with Gasteiger partial charge in [-0.25, -0.2) is 9.18 Å². The van der Waals surface area contributed by atoms with E-state index in [4.69, 9.17) is 9.47 Å². The van der Waals surface area contributed by atoms with Crippen LogP contribution in [-0.2, 0) is 9.53 Å². The number of thioether (sulfide) groups is 2. The average Bonchev–Trinajstić information content (AvgIpc) is 2.94. The van der Waals surface area contributed by atoms with Gasteiger partial charge in [-0.1, -0.05) is 19.8 Å². The van der Waals surface area contributed by atoms with Crippen LogP contribution in [0.25, 0.3) is 0 Å². The molecule has 180 valence electrons. The number of fused-ring (bicyclic) bond motifs is 1. The van der Waals surface area contributed by atoms with Crippen LogP contribution in [0.2, 0.25) is 0 Å². The first kappa shape index (κ1) is 25.8. The molecule has 0 spiro atoms. The van der Waals surface area contributed by atoms with Crippen LogP contribution in [0.5, 0.6) is 5.75 Å². The van der Waals surface area contributed by atoms with Crippen molar-refractivity contribution >= 4 is 40.9 Å². The van der Waals surface area contributed by atoms with Gasteiger partial charge < -0.3 is 14.4 Å². The van der Waals surface area contributed by atoms with Gasteiger partial charge in [-0.3, -0.25) is 0 Å². The zero-order valence-corrected chi connectivity index (χ0v) is 21.8. The van der Waals surface area contributed by atoms with E-state index in [1.54, 1.807) is 11.8 Å². The summed E-state index contributed by atoms with van der Waals surface area (Å²) in [6.45, 7) is 8.50. The van der Waals surface area contributed by atoms with Crippen molar-refractivity contribution in [2.45, 2.75) is 62.3 Å². The van der Waals surface area contributed by atoms with Crippen LogP contribution in [0.4, 0.5) is 15.8 Å². The van der Waals surface area contributed by atoms with Crippen LogP contribution in [0.15, 0.2) is 46.2 Å². The van der Waals surface area contributed by atoms with Crippen molar-refractivity contribution in [1.82, 2.24) is 0 Å². The lowest BCUT2D eigenvalue weighted by atomic mass is 10.0. The molecular formula is C26H34FNO3S2. The van der Waals surface area contributed by atoms with Crippen molar-refractivity contribution in [3.8, 4) is 5.75 Å². The SMILES string of the molecule is CCCCC1CSc2cc(OCC(=O)OC(C)(C)C)c(SC)cc2N(c2ccc(F)cc2)C1. The molecule has 0 fully saturated rings. The zero-order chi connectivity index (χ0) is 24.0. The molecule has 7 heteroatoms. The van der Waals surface area contributed by atoms with E-state index in [-0.39, 0.29) is 18.4 Å². The number of carbonyl (C=O) groups is 1. The van der Waals surface area contributed by atoms with Crippen LogP contribution in [0, 0.1) is 11.7 Å². The van der Waals surface area contributed by atoms with Gasteiger partial charge in [-0.15, -0.1) is 23.5 Å². The first-order valence-corrected chi connectivity index (χ1v) is 13.6. The number of halogens is 1. The fourth-order valence-electron chi connectivity index (χ4n) is 3.79. The normalized spacial score (nSPS) is 16.2. The molecular weight excluding hydrogens is 457 g/mol. The van der Waals surface area contributed by atoms with Crippen LogP contribution < -0.4 is 9.64 Å². The van der Waals surface area contributed by atoms with E-state index in [1.807, 2.05) is 57.0 Å². The fourth-order valence-corrected chi connectivity index (χ4v) is 5.53. The van der Waals surface area contributed by atoms with Crippen LogP contribution in [0.3, 0.4) is 0 Å². The summed E-state index contributed by atoms with van der Waals surface area (Å²) in [7, 11) is 0. The molecule has 0 saturated carbocycles. The Labute approximate surface area is 205 Å². The largest absolute Gasteiger partial charge is 0.481 e. The summed E-state index contributed by atoms with van der Waals surface area (Å²) < 4.78 is 24.9. The third kappa shape index (κ3) is 7.31. The number of hydrogen-bond acceptors (Lipinski definition) is 6. The van der Waals surface area contributed by atoms with E-state index in [0.29, 0.717) is 11.7 Å². The predicted molar refractivity (Wildman–Crippen MR) is 137 cm³/mol. The Hall–Kier alpha value is -1.86. The number of benzene rings is 2. The van der Waals surface area contributed by atoms with Crippen molar-refractivity contribution < 1.29 is 18.7 Å². The first-order valence-electron chi connectivity index (χ1n) is 11.4. The second kappa shape index (κ2) is 11.5. The second-order valence-corrected chi connectivity index (χ2v) is 11.2. The van der Waals surface area contributed by atoms with E-state index in [2.05, 4.69) is 17.9 Å². The number of unbranched alkanes of at least 4 members (excludes halogenated alkanes) is 1. The molecule has 0 N–H and O–H groups in total. The molecule has 1 aliphatic rings. The number of ether oxygens (including phenoxy) is 2. The molecule has 33 heavy (non-hydrogen) atoms.